The van der Waals surface area contributed by atoms with E-state index < -0.39 is 0 Å². The van der Waals surface area contributed by atoms with Crippen LogP contribution in [0.4, 0.5) is 0 Å². The summed E-state index contributed by atoms with van der Waals surface area (Å²) >= 11 is 0. The van der Waals surface area contributed by atoms with Crippen LogP contribution in [0.3, 0.4) is 0 Å². The normalized spacial score (nSPS) is 11.7. The molecule has 0 saturated heterocycles. The van der Waals surface area contributed by atoms with Gasteiger partial charge in [0, 0.05) is 26.2 Å². The average molecular weight is 239 g/mol. The average Bonchev–Trinajstić information content (AvgIpc) is 2.15. The van der Waals surface area contributed by atoms with Crippen molar-refractivity contribution in [2.45, 2.75) is 32.2 Å². The minimum absolute atomic E-state index is 0. The molecule has 4 nitrogen and oxygen atoms in total. The van der Waals surface area contributed by atoms with Gasteiger partial charge >= 0.3 is 0 Å². The van der Waals surface area contributed by atoms with Crippen LogP contribution in [0.2, 0.25) is 0 Å². The number of hydrogen-bond acceptors (Lipinski definition) is 3. The van der Waals surface area contributed by atoms with E-state index in [0.29, 0.717) is 13.0 Å². The lowest BCUT2D eigenvalue weighted by atomic mass is 10.2. The number of hydrogen-bond donors (Lipinski definition) is 2. The van der Waals surface area contributed by atoms with Gasteiger partial charge in [-0.25, -0.2) is 0 Å². The summed E-state index contributed by atoms with van der Waals surface area (Å²) < 4.78 is 4.93. The van der Waals surface area contributed by atoms with Gasteiger partial charge in [-0.2, -0.15) is 0 Å². The van der Waals surface area contributed by atoms with Crippen molar-refractivity contribution in [2.75, 3.05) is 27.3 Å². The molecule has 0 heterocycles. The van der Waals surface area contributed by atoms with Crippen molar-refractivity contribution in [3.63, 3.8) is 0 Å². The summed E-state index contributed by atoms with van der Waals surface area (Å²) in [5, 5.41) is 5.94. The van der Waals surface area contributed by atoms with E-state index >= 15 is 0 Å². The first kappa shape index (κ1) is 17.1. The SMILES string of the molecule is CNCCCC(=O)NC(C)CCOC.Cl. The zero-order valence-corrected chi connectivity index (χ0v) is 10.7. The van der Waals surface area contributed by atoms with Gasteiger partial charge in [-0.1, -0.05) is 0 Å². The maximum Gasteiger partial charge on any atom is 0.220 e. The molecule has 0 fully saturated rings. The molecule has 2 N–H and O–H groups in total. The van der Waals surface area contributed by atoms with E-state index in [1.54, 1.807) is 7.11 Å². The second-order valence-electron chi connectivity index (χ2n) is 3.46. The van der Waals surface area contributed by atoms with Crippen LogP contribution in [0.15, 0.2) is 0 Å². The fourth-order valence-corrected chi connectivity index (χ4v) is 1.14. The van der Waals surface area contributed by atoms with Crippen molar-refractivity contribution in [1.29, 1.82) is 0 Å². The number of amides is 1. The lowest BCUT2D eigenvalue weighted by Gasteiger charge is -2.12. The first-order chi connectivity index (χ1) is 6.70. The Labute approximate surface area is 98.6 Å². The smallest absolute Gasteiger partial charge is 0.220 e. The van der Waals surface area contributed by atoms with Gasteiger partial charge in [0.15, 0.2) is 0 Å². The number of ether oxygens (including phenoxy) is 1. The van der Waals surface area contributed by atoms with E-state index in [1.165, 1.54) is 0 Å². The molecule has 0 bridgehead atoms. The summed E-state index contributed by atoms with van der Waals surface area (Å²) in [4.78, 5) is 11.3. The van der Waals surface area contributed by atoms with Crippen molar-refractivity contribution in [3.05, 3.63) is 0 Å². The molecule has 1 unspecified atom stereocenters. The number of nitrogens with one attached hydrogen (secondary N) is 2. The van der Waals surface area contributed by atoms with Crippen molar-refractivity contribution >= 4 is 18.3 Å². The molecule has 1 atom stereocenters. The Kier molecular flexibility index (Phi) is 13.4. The highest BCUT2D eigenvalue weighted by molar-refractivity contribution is 5.85. The number of rotatable bonds is 8. The van der Waals surface area contributed by atoms with Crippen LogP contribution in [0.25, 0.3) is 0 Å². The first-order valence-corrected chi connectivity index (χ1v) is 5.13. The second kappa shape index (κ2) is 11.8. The Hall–Kier alpha value is -0.320. The Morgan fingerprint density at radius 3 is 2.67 bits per heavy atom. The molecule has 0 aliphatic heterocycles. The van der Waals surface area contributed by atoms with E-state index in [2.05, 4.69) is 10.6 Å². The van der Waals surface area contributed by atoms with Crippen molar-refractivity contribution in [3.8, 4) is 0 Å². The highest BCUT2D eigenvalue weighted by atomic mass is 35.5. The third-order valence-electron chi connectivity index (χ3n) is 1.99. The maximum absolute atomic E-state index is 11.3. The Bertz CT molecular complexity index is 156. The minimum Gasteiger partial charge on any atom is -0.385 e. The molecule has 0 aromatic carbocycles. The molecular formula is C10H23ClN2O2. The number of methoxy groups -OCH3 is 1. The molecule has 92 valence electrons. The Morgan fingerprint density at radius 1 is 1.47 bits per heavy atom. The van der Waals surface area contributed by atoms with Crippen LogP contribution in [0.5, 0.6) is 0 Å². The summed E-state index contributed by atoms with van der Waals surface area (Å²) in [6, 6.07) is 0.206. The number of carbonyl (C=O) groups is 1. The van der Waals surface area contributed by atoms with E-state index in [0.717, 1.165) is 19.4 Å². The molecule has 0 radical (unpaired) electrons. The predicted molar refractivity (Wildman–Crippen MR) is 64.5 cm³/mol. The molecule has 1 amide bonds. The summed E-state index contributed by atoms with van der Waals surface area (Å²) in [6.45, 7) is 3.58. The quantitative estimate of drug-likeness (QED) is 0.619. The summed E-state index contributed by atoms with van der Waals surface area (Å²) in [6.07, 6.45) is 2.35. The molecule has 0 aliphatic rings. The molecule has 0 aromatic rings. The van der Waals surface area contributed by atoms with Gasteiger partial charge in [-0.05, 0) is 33.4 Å². The van der Waals surface area contributed by atoms with Crippen LogP contribution in [0, 0.1) is 0 Å². The van der Waals surface area contributed by atoms with Crippen LogP contribution >= 0.6 is 12.4 Å². The maximum atomic E-state index is 11.3. The van der Waals surface area contributed by atoms with Gasteiger partial charge in [0.2, 0.25) is 5.91 Å². The summed E-state index contributed by atoms with van der Waals surface area (Å²) in [7, 11) is 3.56. The highest BCUT2D eigenvalue weighted by Gasteiger charge is 2.05. The lowest BCUT2D eigenvalue weighted by molar-refractivity contribution is -0.121. The molecule has 5 heteroatoms. The third-order valence-corrected chi connectivity index (χ3v) is 1.99. The second-order valence-corrected chi connectivity index (χ2v) is 3.46. The highest BCUT2D eigenvalue weighted by Crippen LogP contribution is 1.93. The van der Waals surface area contributed by atoms with Gasteiger partial charge < -0.3 is 15.4 Å². The van der Waals surface area contributed by atoms with E-state index in [4.69, 9.17) is 4.74 Å². The zero-order chi connectivity index (χ0) is 10.8. The van der Waals surface area contributed by atoms with Gasteiger partial charge in [0.05, 0.1) is 0 Å². The first-order valence-electron chi connectivity index (χ1n) is 5.13. The van der Waals surface area contributed by atoms with Gasteiger partial charge in [0.25, 0.3) is 0 Å². The van der Waals surface area contributed by atoms with Crippen LogP contribution in [0.1, 0.15) is 26.2 Å². The molecule has 0 aliphatic carbocycles. The topological polar surface area (TPSA) is 50.4 Å². The monoisotopic (exact) mass is 238 g/mol. The van der Waals surface area contributed by atoms with Gasteiger partial charge in [-0.3, -0.25) is 4.79 Å². The van der Waals surface area contributed by atoms with E-state index in [-0.39, 0.29) is 24.4 Å². The van der Waals surface area contributed by atoms with Crippen molar-refractivity contribution in [2.24, 2.45) is 0 Å². The van der Waals surface area contributed by atoms with E-state index in [9.17, 15) is 4.79 Å². The van der Waals surface area contributed by atoms with Gasteiger partial charge in [-0.15, -0.1) is 12.4 Å². The fraction of sp³-hybridized carbons (Fsp3) is 0.900. The van der Waals surface area contributed by atoms with Crippen LogP contribution < -0.4 is 10.6 Å². The van der Waals surface area contributed by atoms with Crippen LogP contribution in [-0.4, -0.2) is 39.3 Å². The Balaban J connectivity index is 0. The summed E-state index contributed by atoms with van der Waals surface area (Å²) in [5.41, 5.74) is 0. The molecule has 0 aromatic heterocycles. The van der Waals surface area contributed by atoms with E-state index in [1.807, 2.05) is 14.0 Å². The molecule has 0 saturated carbocycles. The predicted octanol–water partition coefficient (Wildman–Crippen LogP) is 0.949. The minimum atomic E-state index is 0. The van der Waals surface area contributed by atoms with Crippen LogP contribution in [-0.2, 0) is 9.53 Å². The molecule has 15 heavy (non-hydrogen) atoms. The zero-order valence-electron chi connectivity index (χ0n) is 9.84. The molecular weight excluding hydrogens is 216 g/mol. The largest absolute Gasteiger partial charge is 0.385 e. The molecule has 0 spiro atoms. The number of carbonyl (C=O) groups excluding carboxylic acids is 1. The third kappa shape index (κ3) is 11.6. The fourth-order valence-electron chi connectivity index (χ4n) is 1.14. The van der Waals surface area contributed by atoms with Crippen molar-refractivity contribution in [1.82, 2.24) is 10.6 Å². The number of halogens is 1. The summed E-state index contributed by atoms with van der Waals surface area (Å²) in [5.74, 6) is 0.129. The Morgan fingerprint density at radius 2 is 2.13 bits per heavy atom. The van der Waals surface area contributed by atoms with Crippen molar-refractivity contribution < 1.29 is 9.53 Å². The lowest BCUT2D eigenvalue weighted by Crippen LogP contribution is -2.33. The molecule has 0 rings (SSSR count). The van der Waals surface area contributed by atoms with Gasteiger partial charge in [0.1, 0.15) is 0 Å². The standard InChI is InChI=1S/C10H22N2O2.ClH/c1-9(6-8-14-3)12-10(13)5-4-7-11-2;/h9,11H,4-8H2,1-3H3,(H,12,13);1H.